The minimum absolute atomic E-state index is 0.647. The van der Waals surface area contributed by atoms with Crippen LogP contribution in [0.5, 0.6) is 10.9 Å². The van der Waals surface area contributed by atoms with Gasteiger partial charge in [0.1, 0.15) is 5.75 Å². The maximum Gasteiger partial charge on any atom is 0.279 e. The highest BCUT2D eigenvalue weighted by Crippen LogP contribution is 2.30. The topological polar surface area (TPSA) is 35.0 Å². The van der Waals surface area contributed by atoms with Crippen molar-refractivity contribution in [2.75, 3.05) is 0 Å². The summed E-state index contributed by atoms with van der Waals surface area (Å²) in [6, 6.07) is 11.5. The lowest BCUT2D eigenvalue weighted by molar-refractivity contribution is 0.480. The summed E-state index contributed by atoms with van der Waals surface area (Å²) in [6.45, 7) is 0. The van der Waals surface area contributed by atoms with E-state index in [1.165, 1.54) is 11.3 Å². The maximum atomic E-state index is 5.64. The van der Waals surface area contributed by atoms with Crippen LogP contribution in [0.3, 0.4) is 0 Å². The van der Waals surface area contributed by atoms with Gasteiger partial charge in [-0.05, 0) is 18.2 Å². The zero-order valence-electron chi connectivity index (χ0n) is 8.33. The van der Waals surface area contributed by atoms with E-state index >= 15 is 0 Å². The summed E-state index contributed by atoms with van der Waals surface area (Å²) in [4.78, 5) is 8.41. The number of thiazole rings is 1. The minimum atomic E-state index is 0.647. The number of benzene rings is 1. The third kappa shape index (κ3) is 1.75. The molecular formula is C12H8N2OS. The molecule has 3 aromatic rings. The molecule has 0 spiro atoms. The van der Waals surface area contributed by atoms with Crippen molar-refractivity contribution in [1.82, 2.24) is 9.97 Å². The summed E-state index contributed by atoms with van der Waals surface area (Å²) in [5.41, 5.74) is 0.922. The van der Waals surface area contributed by atoms with Crippen molar-refractivity contribution in [3.63, 3.8) is 0 Å². The second kappa shape index (κ2) is 3.90. The van der Waals surface area contributed by atoms with Gasteiger partial charge in [0.2, 0.25) is 0 Å². The van der Waals surface area contributed by atoms with E-state index in [1.807, 2.05) is 36.4 Å². The Labute approximate surface area is 96.4 Å². The number of pyridine rings is 1. The Morgan fingerprint density at radius 2 is 1.94 bits per heavy atom. The quantitative estimate of drug-likeness (QED) is 0.673. The Morgan fingerprint density at radius 1 is 1.06 bits per heavy atom. The summed E-state index contributed by atoms with van der Waals surface area (Å²) < 4.78 is 6.68. The van der Waals surface area contributed by atoms with Gasteiger partial charge in [-0.3, -0.25) is 4.98 Å². The van der Waals surface area contributed by atoms with Crippen LogP contribution in [0.15, 0.2) is 48.8 Å². The molecule has 0 saturated heterocycles. The lowest BCUT2D eigenvalue weighted by Gasteiger charge is -1.98. The Kier molecular flexibility index (Phi) is 2.27. The third-order valence-corrected chi connectivity index (χ3v) is 3.00. The first-order chi connectivity index (χ1) is 7.92. The number of para-hydroxylation sites is 1. The average molecular weight is 228 g/mol. The highest BCUT2D eigenvalue weighted by molar-refractivity contribution is 7.20. The summed E-state index contributed by atoms with van der Waals surface area (Å²) in [5.74, 6) is 0.800. The molecule has 0 saturated carbocycles. The van der Waals surface area contributed by atoms with Gasteiger partial charge >= 0.3 is 0 Å². The molecule has 0 radical (unpaired) electrons. The molecule has 4 heteroatoms. The monoisotopic (exact) mass is 228 g/mol. The fourth-order valence-electron chi connectivity index (χ4n) is 1.39. The molecule has 0 fully saturated rings. The van der Waals surface area contributed by atoms with E-state index in [-0.39, 0.29) is 0 Å². The van der Waals surface area contributed by atoms with Crippen LogP contribution in [0.25, 0.3) is 10.2 Å². The summed E-state index contributed by atoms with van der Waals surface area (Å²) in [6.07, 6.45) is 3.53. The zero-order chi connectivity index (χ0) is 10.8. The Hall–Kier alpha value is -1.94. The van der Waals surface area contributed by atoms with E-state index < -0.39 is 0 Å². The van der Waals surface area contributed by atoms with Gasteiger partial charge in [0.25, 0.3) is 5.19 Å². The largest absolute Gasteiger partial charge is 0.431 e. The molecule has 0 aliphatic rings. The number of fused-ring (bicyclic) bond motifs is 1. The van der Waals surface area contributed by atoms with Gasteiger partial charge in [0.05, 0.1) is 10.2 Å². The lowest BCUT2D eigenvalue weighted by atomic mass is 10.3. The number of rotatable bonds is 2. The molecule has 0 N–H and O–H groups in total. The SMILES string of the molecule is c1ccc(Oc2nc3ccncc3s2)cc1. The van der Waals surface area contributed by atoms with Gasteiger partial charge in [-0.1, -0.05) is 29.5 Å². The van der Waals surface area contributed by atoms with Crippen LogP contribution in [-0.4, -0.2) is 9.97 Å². The van der Waals surface area contributed by atoms with E-state index in [0.717, 1.165) is 16.0 Å². The maximum absolute atomic E-state index is 5.64. The second-order valence-electron chi connectivity index (χ2n) is 3.24. The second-order valence-corrected chi connectivity index (χ2v) is 4.23. The van der Waals surface area contributed by atoms with Crippen molar-refractivity contribution < 1.29 is 4.74 Å². The van der Waals surface area contributed by atoms with Crippen molar-refractivity contribution in [2.24, 2.45) is 0 Å². The first-order valence-electron chi connectivity index (χ1n) is 4.85. The summed E-state index contributed by atoms with van der Waals surface area (Å²) in [7, 11) is 0. The molecule has 1 aromatic carbocycles. The van der Waals surface area contributed by atoms with Gasteiger partial charge in [0.15, 0.2) is 0 Å². The summed E-state index contributed by atoms with van der Waals surface area (Å²) >= 11 is 1.50. The number of hydrogen-bond donors (Lipinski definition) is 0. The Bertz CT molecular complexity index is 573. The van der Waals surface area contributed by atoms with E-state index in [2.05, 4.69) is 9.97 Å². The first-order valence-corrected chi connectivity index (χ1v) is 5.67. The van der Waals surface area contributed by atoms with Crippen molar-refractivity contribution in [3.8, 4) is 10.9 Å². The van der Waals surface area contributed by atoms with Gasteiger partial charge in [-0.15, -0.1) is 0 Å². The molecule has 2 aromatic heterocycles. The van der Waals surface area contributed by atoms with Crippen LogP contribution < -0.4 is 4.74 Å². The van der Waals surface area contributed by atoms with E-state index in [9.17, 15) is 0 Å². The lowest BCUT2D eigenvalue weighted by Crippen LogP contribution is -1.81. The summed E-state index contributed by atoms with van der Waals surface area (Å²) in [5, 5.41) is 0.647. The molecular weight excluding hydrogens is 220 g/mol. The minimum Gasteiger partial charge on any atom is -0.431 e. The van der Waals surface area contributed by atoms with Gasteiger partial charge in [-0.2, -0.15) is 0 Å². The molecule has 2 heterocycles. The predicted molar refractivity (Wildman–Crippen MR) is 63.9 cm³/mol. The molecule has 78 valence electrons. The van der Waals surface area contributed by atoms with Crippen LogP contribution >= 0.6 is 11.3 Å². The average Bonchev–Trinajstić information content (AvgIpc) is 2.72. The van der Waals surface area contributed by atoms with E-state index in [1.54, 1.807) is 12.4 Å². The van der Waals surface area contributed by atoms with Crippen LogP contribution in [0, 0.1) is 0 Å². The molecule has 0 atom stereocenters. The van der Waals surface area contributed by atoms with Crippen molar-refractivity contribution >= 4 is 21.6 Å². The van der Waals surface area contributed by atoms with Crippen molar-refractivity contribution in [1.29, 1.82) is 0 Å². The highest BCUT2D eigenvalue weighted by Gasteiger charge is 2.04. The fourth-order valence-corrected chi connectivity index (χ4v) is 2.19. The first kappa shape index (κ1) is 9.30. The Morgan fingerprint density at radius 3 is 2.75 bits per heavy atom. The highest BCUT2D eigenvalue weighted by atomic mass is 32.1. The number of aromatic nitrogens is 2. The Balaban J connectivity index is 1.95. The molecule has 3 rings (SSSR count). The fraction of sp³-hybridized carbons (Fsp3) is 0. The van der Waals surface area contributed by atoms with Gasteiger partial charge in [-0.25, -0.2) is 4.98 Å². The van der Waals surface area contributed by atoms with Gasteiger partial charge < -0.3 is 4.74 Å². The van der Waals surface area contributed by atoms with Crippen molar-refractivity contribution in [2.45, 2.75) is 0 Å². The molecule has 3 nitrogen and oxygen atoms in total. The molecule has 0 aliphatic carbocycles. The van der Waals surface area contributed by atoms with Crippen molar-refractivity contribution in [3.05, 3.63) is 48.8 Å². The predicted octanol–water partition coefficient (Wildman–Crippen LogP) is 3.48. The molecule has 0 amide bonds. The third-order valence-electron chi connectivity index (χ3n) is 2.12. The number of nitrogens with zero attached hydrogens (tertiary/aromatic N) is 2. The molecule has 0 bridgehead atoms. The smallest absolute Gasteiger partial charge is 0.279 e. The standard InChI is InChI=1S/C12H8N2OS/c1-2-4-9(5-3-1)15-12-14-10-6-7-13-8-11(10)16-12/h1-8H. The van der Waals surface area contributed by atoms with Crippen LogP contribution in [0.2, 0.25) is 0 Å². The normalized spacial score (nSPS) is 10.5. The van der Waals surface area contributed by atoms with Crippen LogP contribution in [-0.2, 0) is 0 Å². The molecule has 0 aliphatic heterocycles. The van der Waals surface area contributed by atoms with E-state index in [4.69, 9.17) is 4.74 Å². The van der Waals surface area contributed by atoms with Crippen LogP contribution in [0.1, 0.15) is 0 Å². The molecule has 16 heavy (non-hydrogen) atoms. The molecule has 0 unspecified atom stereocenters. The van der Waals surface area contributed by atoms with Crippen LogP contribution in [0.4, 0.5) is 0 Å². The zero-order valence-corrected chi connectivity index (χ0v) is 9.15. The van der Waals surface area contributed by atoms with Gasteiger partial charge in [0, 0.05) is 12.4 Å². The number of ether oxygens (including phenoxy) is 1. The number of hydrogen-bond acceptors (Lipinski definition) is 4. The van der Waals surface area contributed by atoms with E-state index in [0.29, 0.717) is 5.19 Å².